The van der Waals surface area contributed by atoms with Crippen molar-refractivity contribution in [1.82, 2.24) is 0 Å². The second-order valence-electron chi connectivity index (χ2n) is 6.14. The molecule has 0 aromatic heterocycles. The highest BCUT2D eigenvalue weighted by molar-refractivity contribution is 5.28. The van der Waals surface area contributed by atoms with E-state index in [1.807, 2.05) is 7.11 Å². The minimum atomic E-state index is 0.697. The SMILES string of the molecule is COC1C2C3CC4C1[C@@H]1C[C@H]4C3C21. The summed E-state index contributed by atoms with van der Waals surface area (Å²) in [7, 11) is 1.95. The van der Waals surface area contributed by atoms with Crippen LogP contribution in [0.1, 0.15) is 12.8 Å². The largest absolute Gasteiger partial charge is 0.381 e. The predicted molar refractivity (Wildman–Crippen MR) is 48.0 cm³/mol. The van der Waals surface area contributed by atoms with Gasteiger partial charge in [0.05, 0.1) is 6.10 Å². The Kier molecular flexibility index (Phi) is 0.793. The molecule has 13 heavy (non-hydrogen) atoms. The molecule has 0 N–H and O–H groups in total. The highest BCUT2D eigenvalue weighted by Crippen LogP contribution is 2.83. The summed E-state index contributed by atoms with van der Waals surface area (Å²) in [5.74, 6) is 8.89. The normalized spacial score (nSPS) is 79.6. The number of rotatable bonds is 1. The van der Waals surface area contributed by atoms with E-state index in [2.05, 4.69) is 0 Å². The molecule has 5 aliphatic carbocycles. The highest BCUT2D eigenvalue weighted by atomic mass is 16.5. The maximum atomic E-state index is 5.77. The average Bonchev–Trinajstić information content (AvgIpc) is 2.61. The lowest BCUT2D eigenvalue weighted by atomic mass is 9.59. The fourth-order valence-electron chi connectivity index (χ4n) is 6.70. The first-order valence-corrected chi connectivity index (χ1v) is 5.94. The van der Waals surface area contributed by atoms with Gasteiger partial charge < -0.3 is 4.74 Å². The summed E-state index contributed by atoms with van der Waals surface area (Å²) in [5, 5.41) is 0. The van der Waals surface area contributed by atoms with Crippen LogP contribution in [0.2, 0.25) is 0 Å². The van der Waals surface area contributed by atoms with Crippen molar-refractivity contribution in [3.8, 4) is 0 Å². The first-order valence-electron chi connectivity index (χ1n) is 5.94. The molecular formula is C12H16O. The van der Waals surface area contributed by atoms with Crippen LogP contribution in [0.5, 0.6) is 0 Å². The molecule has 1 nitrogen and oxygen atoms in total. The van der Waals surface area contributed by atoms with Gasteiger partial charge in [-0.25, -0.2) is 0 Å². The van der Waals surface area contributed by atoms with E-state index in [1.165, 1.54) is 11.8 Å². The number of ether oxygens (including phenoxy) is 1. The first-order chi connectivity index (χ1) is 6.42. The van der Waals surface area contributed by atoms with E-state index in [0.717, 1.165) is 35.5 Å². The molecule has 0 amide bonds. The van der Waals surface area contributed by atoms with Gasteiger partial charge in [0.25, 0.3) is 0 Å². The third-order valence-corrected chi connectivity index (χ3v) is 6.52. The monoisotopic (exact) mass is 176 g/mol. The predicted octanol–water partition coefficient (Wildman–Crippen LogP) is 1.78. The molecule has 5 rings (SSSR count). The van der Waals surface area contributed by atoms with E-state index >= 15 is 0 Å². The van der Waals surface area contributed by atoms with Crippen LogP contribution in [0.25, 0.3) is 0 Å². The topological polar surface area (TPSA) is 9.23 Å². The van der Waals surface area contributed by atoms with Crippen LogP contribution in [0, 0.1) is 47.3 Å². The molecular weight excluding hydrogens is 160 g/mol. The molecule has 0 heterocycles. The molecule has 70 valence electrons. The Morgan fingerprint density at radius 3 is 2.23 bits per heavy atom. The van der Waals surface area contributed by atoms with E-state index in [0.29, 0.717) is 6.10 Å². The molecule has 1 heteroatoms. The average molecular weight is 176 g/mol. The van der Waals surface area contributed by atoms with Gasteiger partial charge in [-0.15, -0.1) is 0 Å². The lowest BCUT2D eigenvalue weighted by Crippen LogP contribution is -2.46. The minimum Gasteiger partial charge on any atom is -0.381 e. The second kappa shape index (κ2) is 1.60. The van der Waals surface area contributed by atoms with Crippen LogP contribution >= 0.6 is 0 Å². The summed E-state index contributed by atoms with van der Waals surface area (Å²) >= 11 is 0. The Hall–Kier alpha value is -0.0400. The Morgan fingerprint density at radius 1 is 0.769 bits per heavy atom. The van der Waals surface area contributed by atoms with Gasteiger partial charge in [0.15, 0.2) is 0 Å². The molecule has 5 aliphatic rings. The molecule has 0 radical (unpaired) electrons. The van der Waals surface area contributed by atoms with Crippen LogP contribution < -0.4 is 0 Å². The van der Waals surface area contributed by atoms with Gasteiger partial charge in [-0.05, 0) is 60.2 Å². The van der Waals surface area contributed by atoms with E-state index in [1.54, 1.807) is 12.8 Å². The summed E-state index contributed by atoms with van der Waals surface area (Å²) < 4.78 is 5.77. The zero-order valence-corrected chi connectivity index (χ0v) is 8.02. The maximum Gasteiger partial charge on any atom is 0.0638 e. The Bertz CT molecular complexity index is 293. The smallest absolute Gasteiger partial charge is 0.0638 e. The quantitative estimate of drug-likeness (QED) is 0.591. The summed E-state index contributed by atoms with van der Waals surface area (Å²) in [6.07, 6.45) is 3.89. The van der Waals surface area contributed by atoms with Gasteiger partial charge in [0.2, 0.25) is 0 Å². The van der Waals surface area contributed by atoms with Gasteiger partial charge >= 0.3 is 0 Å². The summed E-state index contributed by atoms with van der Waals surface area (Å²) in [6.45, 7) is 0. The standard InChI is InChI=1S/C12H16O/c1-13-12-9-5-3-6-8-4(5)2-7(9)10(8)11(6)12/h4-12H,2-3H2,1H3/t4-,5?,6?,7+,8?,9?,10?,11?,12?/m1/s1. The molecule has 0 saturated heterocycles. The fraction of sp³-hybridized carbons (Fsp3) is 1.00. The Balaban J connectivity index is 1.76. The zero-order chi connectivity index (χ0) is 8.32. The highest BCUT2D eigenvalue weighted by Gasteiger charge is 2.80. The third kappa shape index (κ3) is 0.407. The zero-order valence-electron chi connectivity index (χ0n) is 8.02. The molecule has 5 saturated carbocycles. The molecule has 5 fully saturated rings. The Labute approximate surface area is 78.8 Å². The van der Waals surface area contributed by atoms with Crippen LogP contribution in [0.4, 0.5) is 0 Å². The molecule has 0 spiro atoms. The van der Waals surface area contributed by atoms with Crippen LogP contribution in [0.3, 0.4) is 0 Å². The van der Waals surface area contributed by atoms with Gasteiger partial charge in [0, 0.05) is 7.11 Å². The van der Waals surface area contributed by atoms with Crippen molar-refractivity contribution in [3.63, 3.8) is 0 Å². The lowest BCUT2D eigenvalue weighted by molar-refractivity contribution is -0.0694. The molecule has 0 aliphatic heterocycles. The van der Waals surface area contributed by atoms with Gasteiger partial charge in [-0.1, -0.05) is 0 Å². The second-order valence-corrected chi connectivity index (χ2v) is 6.14. The number of methoxy groups -OCH3 is 1. The van der Waals surface area contributed by atoms with Gasteiger partial charge in [-0.2, -0.15) is 0 Å². The maximum absolute atomic E-state index is 5.77. The molecule has 0 aromatic rings. The third-order valence-electron chi connectivity index (χ3n) is 6.52. The van der Waals surface area contributed by atoms with Crippen molar-refractivity contribution in [2.75, 3.05) is 7.11 Å². The minimum absolute atomic E-state index is 0.697. The van der Waals surface area contributed by atoms with Crippen LogP contribution in [0.15, 0.2) is 0 Å². The van der Waals surface area contributed by atoms with Gasteiger partial charge in [-0.3, -0.25) is 0 Å². The lowest BCUT2D eigenvalue weighted by Gasteiger charge is -2.47. The van der Waals surface area contributed by atoms with E-state index in [4.69, 9.17) is 4.74 Å². The van der Waals surface area contributed by atoms with Crippen molar-refractivity contribution >= 4 is 0 Å². The van der Waals surface area contributed by atoms with Crippen molar-refractivity contribution in [2.45, 2.75) is 18.9 Å². The molecule has 2 bridgehead atoms. The first kappa shape index (κ1) is 6.44. The van der Waals surface area contributed by atoms with E-state index in [9.17, 15) is 0 Å². The van der Waals surface area contributed by atoms with Crippen LogP contribution in [-0.4, -0.2) is 13.2 Å². The van der Waals surface area contributed by atoms with Crippen molar-refractivity contribution in [1.29, 1.82) is 0 Å². The van der Waals surface area contributed by atoms with Crippen molar-refractivity contribution in [2.24, 2.45) is 47.3 Å². The Morgan fingerprint density at radius 2 is 1.46 bits per heavy atom. The van der Waals surface area contributed by atoms with Crippen molar-refractivity contribution in [3.05, 3.63) is 0 Å². The molecule has 0 aromatic carbocycles. The van der Waals surface area contributed by atoms with Crippen molar-refractivity contribution < 1.29 is 4.74 Å². The van der Waals surface area contributed by atoms with E-state index < -0.39 is 0 Å². The summed E-state index contributed by atoms with van der Waals surface area (Å²) in [4.78, 5) is 0. The van der Waals surface area contributed by atoms with Crippen LogP contribution in [-0.2, 0) is 4.74 Å². The fourth-order valence-corrected chi connectivity index (χ4v) is 6.70. The number of fused-ring (bicyclic) bond motifs is 2. The summed E-state index contributed by atoms with van der Waals surface area (Å²) in [5.41, 5.74) is 0. The number of hydrogen-bond donors (Lipinski definition) is 0. The van der Waals surface area contributed by atoms with E-state index in [-0.39, 0.29) is 0 Å². The molecule has 9 atom stereocenters. The van der Waals surface area contributed by atoms with Gasteiger partial charge in [0.1, 0.15) is 0 Å². The summed E-state index contributed by atoms with van der Waals surface area (Å²) in [6, 6.07) is 0. The number of hydrogen-bond acceptors (Lipinski definition) is 1. The molecule has 7 unspecified atom stereocenters.